The van der Waals surface area contributed by atoms with Gasteiger partial charge in [0, 0.05) is 63.9 Å². The molecule has 3 heterocycles. The number of thiophene rings is 2. The highest BCUT2D eigenvalue weighted by Gasteiger charge is 2.27. The third-order valence-corrected chi connectivity index (χ3v) is 13.4. The lowest BCUT2D eigenvalue weighted by Crippen LogP contribution is -2.13. The van der Waals surface area contributed by atoms with Crippen molar-refractivity contribution in [3.8, 4) is 0 Å². The van der Waals surface area contributed by atoms with E-state index >= 15 is 0 Å². The van der Waals surface area contributed by atoms with Crippen LogP contribution in [0.2, 0.25) is 0 Å². The van der Waals surface area contributed by atoms with Gasteiger partial charge in [0.05, 0.1) is 5.71 Å². The van der Waals surface area contributed by atoms with E-state index in [4.69, 9.17) is 10.7 Å². The maximum absolute atomic E-state index is 6.65. The molecule has 4 aliphatic rings. The molecule has 0 unspecified atom stereocenters. The minimum atomic E-state index is 0.588. The van der Waals surface area contributed by atoms with Crippen molar-refractivity contribution in [3.05, 3.63) is 145 Å². The van der Waals surface area contributed by atoms with Gasteiger partial charge in [-0.25, -0.2) is 0 Å². The maximum atomic E-state index is 6.65. The molecular weight excluding hydrogens is 635 g/mol. The first-order chi connectivity index (χ1) is 24.2. The van der Waals surface area contributed by atoms with Crippen LogP contribution in [-0.2, 0) is 32.4 Å². The highest BCUT2D eigenvalue weighted by Crippen LogP contribution is 2.43. The largest absolute Gasteiger partial charge is 0.398 e. The molecule has 4 aliphatic carbocycles. The van der Waals surface area contributed by atoms with Gasteiger partial charge in [-0.1, -0.05) is 66.8 Å². The molecule has 0 saturated heterocycles. The SMILES string of the molecule is Nc1ccccc1C(=NCn1c2c(c3c1CCC(C1=Cc4c(sc5ccccc45)CC1)=C3)C=CCC2)c1ccc2sc3c(c2c1)C=CCC3. The Hall–Kier alpha value is -4.71. The molecule has 0 aliphatic heterocycles. The fraction of sp³-hybridized carbons (Fsp3) is 0.205. The molecule has 49 heavy (non-hydrogen) atoms. The first-order valence-corrected chi connectivity index (χ1v) is 19.3. The number of aryl methyl sites for hydroxylation is 2. The van der Waals surface area contributed by atoms with Crippen LogP contribution in [0.5, 0.6) is 0 Å². The van der Waals surface area contributed by atoms with Crippen LogP contribution in [0, 0.1) is 0 Å². The summed E-state index contributed by atoms with van der Waals surface area (Å²) >= 11 is 3.91. The molecule has 6 aromatic rings. The van der Waals surface area contributed by atoms with Gasteiger partial charge in [-0.05, 0) is 115 Å². The number of hydrogen-bond donors (Lipinski definition) is 1. The van der Waals surface area contributed by atoms with Crippen LogP contribution in [0.25, 0.3) is 44.5 Å². The molecule has 0 amide bonds. The number of anilines is 1. The lowest BCUT2D eigenvalue weighted by atomic mass is 9.85. The highest BCUT2D eigenvalue weighted by molar-refractivity contribution is 7.19. The van der Waals surface area contributed by atoms with Crippen molar-refractivity contribution in [2.75, 3.05) is 5.73 Å². The number of fused-ring (bicyclic) bond motifs is 9. The van der Waals surface area contributed by atoms with E-state index in [0.717, 1.165) is 73.9 Å². The molecule has 3 aromatic carbocycles. The topological polar surface area (TPSA) is 43.3 Å². The summed E-state index contributed by atoms with van der Waals surface area (Å²) in [5.74, 6) is 0. The van der Waals surface area contributed by atoms with Crippen molar-refractivity contribution in [1.29, 1.82) is 0 Å². The van der Waals surface area contributed by atoms with Crippen LogP contribution in [0.4, 0.5) is 5.69 Å². The van der Waals surface area contributed by atoms with Gasteiger partial charge in [0.15, 0.2) is 0 Å². The maximum Gasteiger partial charge on any atom is 0.115 e. The molecule has 0 atom stereocenters. The first-order valence-electron chi connectivity index (χ1n) is 17.6. The molecule has 10 rings (SSSR count). The van der Waals surface area contributed by atoms with Crippen LogP contribution < -0.4 is 5.73 Å². The summed E-state index contributed by atoms with van der Waals surface area (Å²) in [5.41, 5.74) is 22.0. The molecule has 2 N–H and O–H groups in total. The summed E-state index contributed by atoms with van der Waals surface area (Å²) in [5, 5.41) is 2.74. The second-order valence-electron chi connectivity index (χ2n) is 13.7. The van der Waals surface area contributed by atoms with Crippen LogP contribution >= 0.6 is 22.7 Å². The highest BCUT2D eigenvalue weighted by atomic mass is 32.1. The van der Waals surface area contributed by atoms with Gasteiger partial charge in [0.2, 0.25) is 0 Å². The number of allylic oxidation sites excluding steroid dienone is 4. The predicted octanol–water partition coefficient (Wildman–Crippen LogP) is 11.3. The molecule has 5 heteroatoms. The van der Waals surface area contributed by atoms with E-state index in [2.05, 4.69) is 95.6 Å². The minimum Gasteiger partial charge on any atom is -0.398 e. The second-order valence-corrected chi connectivity index (χ2v) is 16.0. The number of nitrogens with two attached hydrogens (primary N) is 1. The Morgan fingerprint density at radius 1 is 0.653 bits per heavy atom. The standard InChI is InChI=1S/C44H37N3S2/c45-37-13-5-1-12-33(37)44(29-19-22-43-36(25-29)32-11-4-8-16-41(32)49-43)46-26-47-38-14-6-2-9-30(38)34-23-27(17-20-39(34)47)28-18-21-42-35(24-28)31-10-3-7-15-40(31)48-42/h1-5,7,9-13,15,19,22-25H,6,8,14,16-18,20-21,26,45H2. The number of rotatable bonds is 5. The average Bonchev–Trinajstić information content (AvgIpc) is 3.81. The Labute approximate surface area is 295 Å². The lowest BCUT2D eigenvalue weighted by Gasteiger charge is -2.21. The lowest BCUT2D eigenvalue weighted by molar-refractivity contribution is 0.644. The van der Waals surface area contributed by atoms with E-state index in [9.17, 15) is 0 Å². The van der Waals surface area contributed by atoms with Gasteiger partial charge in [0.1, 0.15) is 6.67 Å². The smallest absolute Gasteiger partial charge is 0.115 e. The molecule has 0 radical (unpaired) electrons. The normalized spacial score (nSPS) is 16.7. The van der Waals surface area contributed by atoms with E-state index < -0.39 is 0 Å². The van der Waals surface area contributed by atoms with Gasteiger partial charge in [-0.3, -0.25) is 4.99 Å². The number of aromatic nitrogens is 1. The van der Waals surface area contributed by atoms with Crippen LogP contribution in [0.3, 0.4) is 0 Å². The van der Waals surface area contributed by atoms with E-state index in [1.54, 1.807) is 0 Å². The molecule has 240 valence electrons. The quantitative estimate of drug-likeness (QED) is 0.144. The summed E-state index contributed by atoms with van der Waals surface area (Å²) in [6.07, 6.45) is 23.1. The van der Waals surface area contributed by atoms with Crippen LogP contribution in [-0.4, -0.2) is 10.3 Å². The summed E-state index contributed by atoms with van der Waals surface area (Å²) in [6.45, 7) is 0.588. The minimum absolute atomic E-state index is 0.588. The fourth-order valence-corrected chi connectivity index (χ4v) is 10.9. The number of nitrogens with zero attached hydrogens (tertiary/aromatic N) is 2. The summed E-state index contributed by atoms with van der Waals surface area (Å²) in [7, 11) is 0. The van der Waals surface area contributed by atoms with Gasteiger partial charge in [-0.15, -0.1) is 22.7 Å². The van der Waals surface area contributed by atoms with E-state index in [-0.39, 0.29) is 0 Å². The third-order valence-electron chi connectivity index (χ3n) is 10.9. The van der Waals surface area contributed by atoms with Gasteiger partial charge in [0.25, 0.3) is 0 Å². The Bertz CT molecular complexity index is 2490. The van der Waals surface area contributed by atoms with Gasteiger partial charge < -0.3 is 10.3 Å². The van der Waals surface area contributed by atoms with E-state index in [1.807, 2.05) is 34.8 Å². The summed E-state index contributed by atoms with van der Waals surface area (Å²) < 4.78 is 5.29. The molecule has 3 aromatic heterocycles. The van der Waals surface area contributed by atoms with E-state index in [0.29, 0.717) is 6.67 Å². The molecule has 0 fully saturated rings. The first kappa shape index (κ1) is 29.2. The zero-order valence-corrected chi connectivity index (χ0v) is 29.1. The van der Waals surface area contributed by atoms with Crippen LogP contribution in [0.15, 0.2) is 95.0 Å². The van der Waals surface area contributed by atoms with Crippen LogP contribution in [0.1, 0.15) is 80.2 Å². The Morgan fingerprint density at radius 3 is 2.27 bits per heavy atom. The zero-order valence-electron chi connectivity index (χ0n) is 27.5. The average molecular weight is 672 g/mol. The number of nitrogen functional groups attached to an aromatic ring is 1. The Balaban J connectivity index is 1.07. The van der Waals surface area contributed by atoms with Crippen molar-refractivity contribution in [1.82, 2.24) is 4.57 Å². The molecule has 0 bridgehead atoms. The van der Waals surface area contributed by atoms with Crippen molar-refractivity contribution in [2.45, 2.75) is 58.0 Å². The summed E-state index contributed by atoms with van der Waals surface area (Å²) in [6, 6.07) is 24.0. The Kier molecular flexibility index (Phi) is 6.99. The summed E-state index contributed by atoms with van der Waals surface area (Å²) in [4.78, 5) is 8.50. The fourth-order valence-electron chi connectivity index (χ4n) is 8.49. The molecule has 3 nitrogen and oxygen atoms in total. The van der Waals surface area contributed by atoms with Crippen molar-refractivity contribution in [2.24, 2.45) is 4.99 Å². The van der Waals surface area contributed by atoms with Crippen molar-refractivity contribution < 1.29 is 0 Å². The number of benzene rings is 3. The molecule has 0 spiro atoms. The van der Waals surface area contributed by atoms with Crippen molar-refractivity contribution in [3.63, 3.8) is 0 Å². The molecular formula is C44H37N3S2. The zero-order chi connectivity index (χ0) is 32.5. The molecule has 0 saturated carbocycles. The second kappa shape index (κ2) is 11.7. The number of aliphatic imine (C=N–C) groups is 1. The predicted molar refractivity (Wildman–Crippen MR) is 212 cm³/mol. The van der Waals surface area contributed by atoms with Crippen molar-refractivity contribution >= 4 is 78.5 Å². The monoisotopic (exact) mass is 671 g/mol. The van der Waals surface area contributed by atoms with Gasteiger partial charge in [-0.2, -0.15) is 0 Å². The number of hydrogen-bond acceptors (Lipinski definition) is 4. The third kappa shape index (κ3) is 4.86. The number of para-hydroxylation sites is 1. The Morgan fingerprint density at radius 2 is 1.37 bits per heavy atom. The van der Waals surface area contributed by atoms with E-state index in [1.165, 1.54) is 74.7 Å². The van der Waals surface area contributed by atoms with Gasteiger partial charge >= 0.3 is 0 Å².